The van der Waals surface area contributed by atoms with Crippen LogP contribution in [0.4, 0.5) is 0 Å². The predicted molar refractivity (Wildman–Crippen MR) is 79.2 cm³/mol. The fraction of sp³-hybridized carbons (Fsp3) is 0.588. The van der Waals surface area contributed by atoms with Gasteiger partial charge < -0.3 is 4.74 Å². The standard InChI is InChI=1S/C17H26O2/c1-6-17(4,5)16(18)15(19-13(2)3)12-14-10-8-7-9-11-14/h7-11,13,15H,6,12H2,1-5H3. The van der Waals surface area contributed by atoms with Crippen LogP contribution in [0.1, 0.15) is 46.6 Å². The second kappa shape index (κ2) is 6.85. The number of benzene rings is 1. The lowest BCUT2D eigenvalue weighted by molar-refractivity contribution is -0.142. The first-order valence-corrected chi connectivity index (χ1v) is 7.10. The van der Waals surface area contributed by atoms with E-state index in [1.165, 1.54) is 0 Å². The Kier molecular flexibility index (Phi) is 5.74. The first kappa shape index (κ1) is 15.9. The number of hydrogen-bond acceptors (Lipinski definition) is 2. The van der Waals surface area contributed by atoms with Gasteiger partial charge in [-0.25, -0.2) is 0 Å². The highest BCUT2D eigenvalue weighted by Crippen LogP contribution is 2.25. The Hall–Kier alpha value is -1.15. The lowest BCUT2D eigenvalue weighted by Crippen LogP contribution is -2.38. The van der Waals surface area contributed by atoms with E-state index in [1.54, 1.807) is 0 Å². The minimum atomic E-state index is -0.350. The smallest absolute Gasteiger partial charge is 0.167 e. The van der Waals surface area contributed by atoms with Crippen LogP contribution in [0.2, 0.25) is 0 Å². The lowest BCUT2D eigenvalue weighted by atomic mass is 9.81. The van der Waals surface area contributed by atoms with E-state index in [-0.39, 0.29) is 23.4 Å². The van der Waals surface area contributed by atoms with Gasteiger partial charge in [0.25, 0.3) is 0 Å². The molecule has 0 aromatic heterocycles. The third kappa shape index (κ3) is 4.79. The zero-order chi connectivity index (χ0) is 14.5. The van der Waals surface area contributed by atoms with Crippen LogP contribution < -0.4 is 0 Å². The summed E-state index contributed by atoms with van der Waals surface area (Å²) in [5.74, 6) is 0.201. The van der Waals surface area contributed by atoms with Crippen molar-refractivity contribution in [1.82, 2.24) is 0 Å². The number of carbonyl (C=O) groups excluding carboxylic acids is 1. The van der Waals surface area contributed by atoms with Gasteiger partial charge >= 0.3 is 0 Å². The third-order valence-corrected chi connectivity index (χ3v) is 3.54. The van der Waals surface area contributed by atoms with Crippen LogP contribution in [-0.2, 0) is 16.0 Å². The number of rotatable bonds is 7. The highest BCUT2D eigenvalue weighted by atomic mass is 16.5. The fourth-order valence-corrected chi connectivity index (χ4v) is 1.97. The summed E-state index contributed by atoms with van der Waals surface area (Å²) < 4.78 is 5.85. The Morgan fingerprint density at radius 2 is 1.79 bits per heavy atom. The van der Waals surface area contributed by atoms with Crippen molar-refractivity contribution in [3.63, 3.8) is 0 Å². The quantitative estimate of drug-likeness (QED) is 0.741. The summed E-state index contributed by atoms with van der Waals surface area (Å²) in [5, 5.41) is 0. The molecule has 0 bridgehead atoms. The Morgan fingerprint density at radius 1 is 1.21 bits per heavy atom. The van der Waals surface area contributed by atoms with Crippen LogP contribution in [-0.4, -0.2) is 18.0 Å². The van der Waals surface area contributed by atoms with Crippen molar-refractivity contribution >= 4 is 5.78 Å². The summed E-state index contributed by atoms with van der Waals surface area (Å²) in [7, 11) is 0. The van der Waals surface area contributed by atoms with Crippen molar-refractivity contribution in [3.8, 4) is 0 Å². The van der Waals surface area contributed by atoms with Crippen molar-refractivity contribution < 1.29 is 9.53 Å². The average Bonchev–Trinajstić information content (AvgIpc) is 2.37. The SMILES string of the molecule is CCC(C)(C)C(=O)C(Cc1ccccc1)OC(C)C. The maximum Gasteiger partial charge on any atom is 0.167 e. The molecule has 0 N–H and O–H groups in total. The number of ether oxygens (including phenoxy) is 1. The minimum absolute atomic E-state index is 0.0605. The molecule has 2 heteroatoms. The van der Waals surface area contributed by atoms with Gasteiger partial charge in [0.2, 0.25) is 0 Å². The van der Waals surface area contributed by atoms with Gasteiger partial charge in [-0.2, -0.15) is 0 Å². The maximum absolute atomic E-state index is 12.6. The topological polar surface area (TPSA) is 26.3 Å². The van der Waals surface area contributed by atoms with E-state index < -0.39 is 0 Å². The average molecular weight is 262 g/mol. The molecule has 1 aromatic carbocycles. The first-order chi connectivity index (χ1) is 8.86. The molecule has 1 rings (SSSR count). The number of carbonyl (C=O) groups is 1. The summed E-state index contributed by atoms with van der Waals surface area (Å²) in [6, 6.07) is 10.1. The molecule has 2 nitrogen and oxygen atoms in total. The summed E-state index contributed by atoms with van der Waals surface area (Å²) in [6.45, 7) is 10.00. The van der Waals surface area contributed by atoms with Gasteiger partial charge in [-0.3, -0.25) is 4.79 Å². The molecule has 0 fully saturated rings. The van der Waals surface area contributed by atoms with Crippen LogP contribution in [0.15, 0.2) is 30.3 Å². The van der Waals surface area contributed by atoms with Crippen LogP contribution in [0, 0.1) is 5.41 Å². The van der Waals surface area contributed by atoms with E-state index in [0.717, 1.165) is 12.0 Å². The summed E-state index contributed by atoms with van der Waals surface area (Å²) >= 11 is 0. The number of ketones is 1. The summed E-state index contributed by atoms with van der Waals surface area (Å²) in [5.41, 5.74) is 0.822. The summed E-state index contributed by atoms with van der Waals surface area (Å²) in [6.07, 6.45) is 1.20. The third-order valence-electron chi connectivity index (χ3n) is 3.54. The Bertz CT molecular complexity index is 393. The molecule has 0 heterocycles. The zero-order valence-electron chi connectivity index (χ0n) is 12.8. The highest BCUT2D eigenvalue weighted by Gasteiger charge is 2.33. The molecule has 0 radical (unpaired) electrons. The lowest BCUT2D eigenvalue weighted by Gasteiger charge is -2.28. The molecule has 0 aliphatic carbocycles. The molecule has 1 unspecified atom stereocenters. The predicted octanol–water partition coefficient (Wildman–Crippen LogP) is 4.03. The molecule has 0 saturated heterocycles. The van der Waals surface area contributed by atoms with Gasteiger partial charge in [-0.15, -0.1) is 0 Å². The van der Waals surface area contributed by atoms with E-state index >= 15 is 0 Å². The van der Waals surface area contributed by atoms with Crippen molar-refractivity contribution in [1.29, 1.82) is 0 Å². The number of hydrogen-bond donors (Lipinski definition) is 0. The van der Waals surface area contributed by atoms with E-state index in [1.807, 2.05) is 65.0 Å². The Morgan fingerprint density at radius 3 is 2.26 bits per heavy atom. The van der Waals surface area contributed by atoms with Crippen LogP contribution in [0.3, 0.4) is 0 Å². The second-order valence-electron chi connectivity index (χ2n) is 5.96. The van der Waals surface area contributed by atoms with Crippen molar-refractivity contribution in [3.05, 3.63) is 35.9 Å². The van der Waals surface area contributed by atoms with Crippen molar-refractivity contribution in [2.75, 3.05) is 0 Å². The van der Waals surface area contributed by atoms with E-state index in [0.29, 0.717) is 6.42 Å². The largest absolute Gasteiger partial charge is 0.367 e. The van der Waals surface area contributed by atoms with E-state index in [4.69, 9.17) is 4.74 Å². The van der Waals surface area contributed by atoms with Crippen LogP contribution in [0.25, 0.3) is 0 Å². The zero-order valence-corrected chi connectivity index (χ0v) is 12.8. The molecule has 106 valence electrons. The van der Waals surface area contributed by atoms with E-state index in [2.05, 4.69) is 0 Å². The first-order valence-electron chi connectivity index (χ1n) is 7.10. The normalized spacial score (nSPS) is 13.6. The van der Waals surface area contributed by atoms with Gasteiger partial charge in [-0.1, -0.05) is 51.1 Å². The monoisotopic (exact) mass is 262 g/mol. The van der Waals surface area contributed by atoms with Gasteiger partial charge in [0.05, 0.1) is 6.10 Å². The van der Waals surface area contributed by atoms with E-state index in [9.17, 15) is 4.79 Å². The molecular weight excluding hydrogens is 236 g/mol. The highest BCUT2D eigenvalue weighted by molar-refractivity contribution is 5.88. The van der Waals surface area contributed by atoms with Crippen molar-refractivity contribution in [2.45, 2.75) is 59.7 Å². The fourth-order valence-electron chi connectivity index (χ4n) is 1.97. The molecule has 1 atom stereocenters. The maximum atomic E-state index is 12.6. The molecule has 0 saturated carbocycles. The van der Waals surface area contributed by atoms with Crippen LogP contribution >= 0.6 is 0 Å². The number of Topliss-reactive ketones (excluding diaryl/α,β-unsaturated/α-hetero) is 1. The van der Waals surface area contributed by atoms with Gasteiger partial charge in [-0.05, 0) is 25.8 Å². The summed E-state index contributed by atoms with van der Waals surface area (Å²) in [4.78, 5) is 12.6. The Labute approximate surface area is 117 Å². The second-order valence-corrected chi connectivity index (χ2v) is 5.96. The van der Waals surface area contributed by atoms with Gasteiger partial charge in [0, 0.05) is 11.8 Å². The van der Waals surface area contributed by atoms with Crippen LogP contribution in [0.5, 0.6) is 0 Å². The molecule has 0 aliphatic heterocycles. The van der Waals surface area contributed by atoms with Gasteiger partial charge in [0.1, 0.15) is 6.10 Å². The van der Waals surface area contributed by atoms with Crippen molar-refractivity contribution in [2.24, 2.45) is 5.41 Å². The Balaban J connectivity index is 2.86. The molecule has 0 spiro atoms. The van der Waals surface area contributed by atoms with Gasteiger partial charge in [0.15, 0.2) is 5.78 Å². The molecule has 19 heavy (non-hydrogen) atoms. The minimum Gasteiger partial charge on any atom is -0.367 e. The molecule has 0 aliphatic rings. The molecule has 1 aromatic rings. The molecule has 0 amide bonds. The molecular formula is C17H26O2.